The first-order valence-electron chi connectivity index (χ1n) is 6.38. The molecule has 0 bridgehead atoms. The number of rotatable bonds is 5. The summed E-state index contributed by atoms with van der Waals surface area (Å²) in [7, 11) is 0. The van der Waals surface area contributed by atoms with Gasteiger partial charge in [-0.1, -0.05) is 12.1 Å². The molecule has 0 saturated heterocycles. The first kappa shape index (κ1) is 14.6. The SMILES string of the molecule is CCOC(=O)CS[C@@H](C)c1nc2ccccc2c(=O)[nH]1. The normalized spacial score (nSPS) is 12.3. The van der Waals surface area contributed by atoms with Crippen LogP contribution in [-0.2, 0) is 9.53 Å². The van der Waals surface area contributed by atoms with Crippen LogP contribution in [0.2, 0.25) is 0 Å². The smallest absolute Gasteiger partial charge is 0.315 e. The number of aromatic amines is 1. The zero-order chi connectivity index (χ0) is 14.5. The number of carbonyl (C=O) groups is 1. The third kappa shape index (κ3) is 3.39. The van der Waals surface area contributed by atoms with E-state index in [9.17, 15) is 9.59 Å². The molecule has 5 nitrogen and oxygen atoms in total. The van der Waals surface area contributed by atoms with Crippen LogP contribution in [0.1, 0.15) is 24.9 Å². The van der Waals surface area contributed by atoms with Crippen LogP contribution >= 0.6 is 11.8 Å². The van der Waals surface area contributed by atoms with Crippen LogP contribution < -0.4 is 5.56 Å². The van der Waals surface area contributed by atoms with Crippen LogP contribution in [0.5, 0.6) is 0 Å². The molecule has 0 amide bonds. The summed E-state index contributed by atoms with van der Waals surface area (Å²) in [4.78, 5) is 30.5. The number of nitrogens with one attached hydrogen (secondary N) is 1. The molecule has 20 heavy (non-hydrogen) atoms. The maximum atomic E-state index is 11.9. The molecule has 1 N–H and O–H groups in total. The van der Waals surface area contributed by atoms with Gasteiger partial charge in [-0.2, -0.15) is 0 Å². The number of H-pyrrole nitrogens is 1. The highest BCUT2D eigenvalue weighted by Gasteiger charge is 2.13. The molecule has 0 saturated carbocycles. The number of nitrogens with zero attached hydrogens (tertiary/aromatic N) is 1. The number of thioether (sulfide) groups is 1. The fourth-order valence-electron chi connectivity index (χ4n) is 1.77. The predicted molar refractivity (Wildman–Crippen MR) is 79.9 cm³/mol. The Labute approximate surface area is 120 Å². The fourth-order valence-corrected chi connectivity index (χ4v) is 2.51. The van der Waals surface area contributed by atoms with Gasteiger partial charge < -0.3 is 9.72 Å². The summed E-state index contributed by atoms with van der Waals surface area (Å²) in [6, 6.07) is 7.19. The Balaban J connectivity index is 2.16. The number of aromatic nitrogens is 2. The second-order valence-electron chi connectivity index (χ2n) is 4.23. The van der Waals surface area contributed by atoms with E-state index in [0.29, 0.717) is 23.3 Å². The Bertz CT molecular complexity index is 669. The van der Waals surface area contributed by atoms with Crippen molar-refractivity contribution in [2.75, 3.05) is 12.4 Å². The van der Waals surface area contributed by atoms with Crippen molar-refractivity contribution in [2.45, 2.75) is 19.1 Å². The molecule has 0 radical (unpaired) electrons. The van der Waals surface area contributed by atoms with E-state index in [1.807, 2.05) is 13.0 Å². The van der Waals surface area contributed by atoms with Gasteiger partial charge in [-0.3, -0.25) is 9.59 Å². The van der Waals surface area contributed by atoms with Crippen LogP contribution in [0.4, 0.5) is 0 Å². The molecular formula is C14H16N2O3S. The molecule has 0 unspecified atom stereocenters. The van der Waals surface area contributed by atoms with Crippen LogP contribution in [0.15, 0.2) is 29.1 Å². The number of carbonyl (C=O) groups excluding carboxylic acids is 1. The van der Waals surface area contributed by atoms with E-state index in [2.05, 4.69) is 9.97 Å². The number of esters is 1. The molecule has 0 spiro atoms. The summed E-state index contributed by atoms with van der Waals surface area (Å²) in [6.07, 6.45) is 0. The summed E-state index contributed by atoms with van der Waals surface area (Å²) < 4.78 is 4.87. The summed E-state index contributed by atoms with van der Waals surface area (Å²) in [5, 5.41) is 0.482. The molecule has 0 fully saturated rings. The molecule has 0 aliphatic rings. The second kappa shape index (κ2) is 6.56. The van der Waals surface area contributed by atoms with Crippen LogP contribution in [0.3, 0.4) is 0 Å². The lowest BCUT2D eigenvalue weighted by Crippen LogP contribution is -2.14. The number of benzene rings is 1. The van der Waals surface area contributed by atoms with Gasteiger partial charge in [0.1, 0.15) is 5.82 Å². The fraction of sp³-hybridized carbons (Fsp3) is 0.357. The molecule has 1 atom stereocenters. The minimum atomic E-state index is -0.257. The number of ether oxygens (including phenoxy) is 1. The third-order valence-corrected chi connectivity index (χ3v) is 3.90. The molecular weight excluding hydrogens is 276 g/mol. The molecule has 106 valence electrons. The number of hydrogen-bond donors (Lipinski definition) is 1. The van der Waals surface area contributed by atoms with Gasteiger partial charge in [-0.15, -0.1) is 11.8 Å². The van der Waals surface area contributed by atoms with Crippen molar-refractivity contribution in [3.05, 3.63) is 40.4 Å². The van der Waals surface area contributed by atoms with E-state index < -0.39 is 0 Å². The zero-order valence-corrected chi connectivity index (χ0v) is 12.2. The Hall–Kier alpha value is -1.82. The molecule has 1 aromatic carbocycles. The summed E-state index contributed by atoms with van der Waals surface area (Å²) in [6.45, 7) is 4.05. The van der Waals surface area contributed by atoms with Gasteiger partial charge in [0.15, 0.2) is 0 Å². The Morgan fingerprint density at radius 1 is 1.45 bits per heavy atom. The number of fused-ring (bicyclic) bond motifs is 1. The summed E-state index contributed by atoms with van der Waals surface area (Å²) in [5.41, 5.74) is 0.504. The molecule has 1 aromatic heterocycles. The van der Waals surface area contributed by atoms with Crippen LogP contribution in [0, 0.1) is 0 Å². The minimum Gasteiger partial charge on any atom is -0.465 e. The van der Waals surface area contributed by atoms with Crippen molar-refractivity contribution in [3.63, 3.8) is 0 Å². The lowest BCUT2D eigenvalue weighted by molar-refractivity contribution is -0.139. The molecule has 1 heterocycles. The maximum Gasteiger partial charge on any atom is 0.315 e. The first-order chi connectivity index (χ1) is 9.61. The van der Waals surface area contributed by atoms with Crippen molar-refractivity contribution < 1.29 is 9.53 Å². The minimum absolute atomic E-state index is 0.0864. The van der Waals surface area contributed by atoms with Crippen LogP contribution in [0.25, 0.3) is 10.9 Å². The van der Waals surface area contributed by atoms with E-state index in [1.54, 1.807) is 25.1 Å². The number of para-hydroxylation sites is 1. The van der Waals surface area contributed by atoms with E-state index in [-0.39, 0.29) is 22.5 Å². The van der Waals surface area contributed by atoms with Crippen molar-refractivity contribution in [3.8, 4) is 0 Å². The topological polar surface area (TPSA) is 72.0 Å². The summed E-state index contributed by atoms with van der Waals surface area (Å²) in [5.74, 6) is 0.557. The zero-order valence-electron chi connectivity index (χ0n) is 11.4. The molecule has 0 aliphatic carbocycles. The standard InChI is InChI=1S/C14H16N2O3S/c1-3-19-12(17)8-20-9(2)13-15-11-7-5-4-6-10(11)14(18)16-13/h4-7,9H,3,8H2,1-2H3,(H,15,16,18)/t9-/m0/s1. The highest BCUT2D eigenvalue weighted by molar-refractivity contribution is 8.00. The van der Waals surface area contributed by atoms with Gasteiger partial charge >= 0.3 is 5.97 Å². The van der Waals surface area contributed by atoms with E-state index in [1.165, 1.54) is 11.8 Å². The monoisotopic (exact) mass is 292 g/mol. The average molecular weight is 292 g/mol. The quantitative estimate of drug-likeness (QED) is 0.856. The number of hydrogen-bond acceptors (Lipinski definition) is 5. The van der Waals surface area contributed by atoms with Gasteiger partial charge in [-0.05, 0) is 26.0 Å². The van der Waals surface area contributed by atoms with Crippen molar-refractivity contribution in [1.29, 1.82) is 0 Å². The van der Waals surface area contributed by atoms with E-state index in [4.69, 9.17) is 4.74 Å². The molecule has 2 aromatic rings. The van der Waals surface area contributed by atoms with Gasteiger partial charge in [0.2, 0.25) is 0 Å². The van der Waals surface area contributed by atoms with Gasteiger partial charge in [-0.25, -0.2) is 4.98 Å². The van der Waals surface area contributed by atoms with Gasteiger partial charge in [0, 0.05) is 0 Å². The molecule has 2 rings (SSSR count). The van der Waals surface area contributed by atoms with Crippen molar-refractivity contribution in [1.82, 2.24) is 9.97 Å². The lowest BCUT2D eigenvalue weighted by atomic mass is 10.2. The van der Waals surface area contributed by atoms with Crippen LogP contribution in [-0.4, -0.2) is 28.3 Å². The Morgan fingerprint density at radius 2 is 2.20 bits per heavy atom. The van der Waals surface area contributed by atoms with Gasteiger partial charge in [0.25, 0.3) is 5.56 Å². The van der Waals surface area contributed by atoms with Gasteiger partial charge in [0.05, 0.1) is 28.5 Å². The van der Waals surface area contributed by atoms with E-state index in [0.717, 1.165) is 0 Å². The van der Waals surface area contributed by atoms with E-state index >= 15 is 0 Å². The average Bonchev–Trinajstić information content (AvgIpc) is 2.45. The second-order valence-corrected chi connectivity index (χ2v) is 5.56. The Kier molecular flexibility index (Phi) is 4.79. The Morgan fingerprint density at radius 3 is 2.95 bits per heavy atom. The summed E-state index contributed by atoms with van der Waals surface area (Å²) >= 11 is 1.39. The molecule has 0 aliphatic heterocycles. The van der Waals surface area contributed by atoms with Crippen molar-refractivity contribution in [2.24, 2.45) is 0 Å². The maximum absolute atomic E-state index is 11.9. The highest BCUT2D eigenvalue weighted by Crippen LogP contribution is 2.25. The highest BCUT2D eigenvalue weighted by atomic mass is 32.2. The predicted octanol–water partition coefficient (Wildman–Crippen LogP) is 2.28. The lowest BCUT2D eigenvalue weighted by Gasteiger charge is -2.10. The van der Waals surface area contributed by atoms with Crippen molar-refractivity contribution >= 4 is 28.6 Å². The largest absolute Gasteiger partial charge is 0.465 e. The molecule has 6 heteroatoms. The first-order valence-corrected chi connectivity index (χ1v) is 7.43. The third-order valence-electron chi connectivity index (χ3n) is 2.77.